The molecule has 0 amide bonds. The Morgan fingerprint density at radius 3 is 2.24 bits per heavy atom. The van der Waals surface area contributed by atoms with E-state index < -0.39 is 11.7 Å². The first kappa shape index (κ1) is 24.1. The third-order valence-corrected chi connectivity index (χ3v) is 6.74. The number of halogens is 3. The summed E-state index contributed by atoms with van der Waals surface area (Å²) in [4.78, 5) is 11.5. The van der Waals surface area contributed by atoms with Gasteiger partial charge in [0.25, 0.3) is 0 Å². The molecular weight excluding hydrogens is 487 g/mol. The van der Waals surface area contributed by atoms with Gasteiger partial charge in [0.1, 0.15) is 0 Å². The fraction of sp³-hybridized carbons (Fsp3) is 0.167. The number of fused-ring (bicyclic) bond motifs is 1. The quantitative estimate of drug-likeness (QED) is 0.268. The lowest BCUT2D eigenvalue weighted by Gasteiger charge is -2.28. The highest BCUT2D eigenvalue weighted by Crippen LogP contribution is 2.31. The molecule has 8 heteroatoms. The summed E-state index contributed by atoms with van der Waals surface area (Å²) in [5.74, 6) is 0.446. The number of nitrogens with zero attached hydrogens (tertiary/aromatic N) is 5. The van der Waals surface area contributed by atoms with Crippen LogP contribution in [0.1, 0.15) is 22.4 Å². The Balaban J connectivity index is 1.23. The van der Waals surface area contributed by atoms with E-state index in [1.165, 1.54) is 12.1 Å². The van der Waals surface area contributed by atoms with Crippen LogP contribution in [0.4, 0.5) is 13.2 Å². The van der Waals surface area contributed by atoms with Gasteiger partial charge in [-0.15, -0.1) is 0 Å². The summed E-state index contributed by atoms with van der Waals surface area (Å²) in [6, 6.07) is 25.2. The van der Waals surface area contributed by atoms with Crippen LogP contribution < -0.4 is 0 Å². The molecule has 0 fully saturated rings. The van der Waals surface area contributed by atoms with Crippen molar-refractivity contribution in [2.24, 2.45) is 0 Å². The molecule has 5 aromatic rings. The largest absolute Gasteiger partial charge is 0.416 e. The average molecular weight is 512 g/mol. The lowest BCUT2D eigenvalue weighted by Crippen LogP contribution is -2.31. The van der Waals surface area contributed by atoms with E-state index in [1.807, 2.05) is 53.2 Å². The summed E-state index contributed by atoms with van der Waals surface area (Å²) in [5, 5.41) is 4.92. The Kier molecular flexibility index (Phi) is 6.25. The zero-order valence-electron chi connectivity index (χ0n) is 20.4. The summed E-state index contributed by atoms with van der Waals surface area (Å²) in [6.45, 7) is 2.21. The SMILES string of the molecule is FC(F)(F)c1ccc(-c2ncc3c(n2)CCN(Cc2cn(-c4ccccc4)nc2-c2ccccc2)C3)cc1. The van der Waals surface area contributed by atoms with Gasteiger partial charge >= 0.3 is 6.18 Å². The van der Waals surface area contributed by atoms with Gasteiger partial charge in [0.05, 0.1) is 22.6 Å². The van der Waals surface area contributed by atoms with Crippen LogP contribution in [-0.4, -0.2) is 31.2 Å². The average Bonchev–Trinajstić information content (AvgIpc) is 3.37. The first-order valence-corrected chi connectivity index (χ1v) is 12.4. The summed E-state index contributed by atoms with van der Waals surface area (Å²) in [7, 11) is 0. The molecule has 38 heavy (non-hydrogen) atoms. The monoisotopic (exact) mass is 511 g/mol. The van der Waals surface area contributed by atoms with Crippen LogP contribution >= 0.6 is 0 Å². The maximum Gasteiger partial charge on any atom is 0.416 e. The van der Waals surface area contributed by atoms with Crippen LogP contribution in [0.3, 0.4) is 0 Å². The van der Waals surface area contributed by atoms with Gasteiger partial charge in [-0.2, -0.15) is 18.3 Å². The first-order chi connectivity index (χ1) is 18.4. The zero-order valence-corrected chi connectivity index (χ0v) is 20.4. The Morgan fingerprint density at radius 2 is 1.53 bits per heavy atom. The molecule has 0 radical (unpaired) electrons. The molecule has 0 atom stereocenters. The van der Waals surface area contributed by atoms with Crippen molar-refractivity contribution in [3.05, 3.63) is 120 Å². The normalized spacial score (nSPS) is 13.9. The van der Waals surface area contributed by atoms with Crippen LogP contribution in [0.15, 0.2) is 97.3 Å². The molecule has 0 saturated heterocycles. The van der Waals surface area contributed by atoms with Gasteiger partial charge in [0, 0.05) is 60.7 Å². The van der Waals surface area contributed by atoms with Crippen LogP contribution in [-0.2, 0) is 25.7 Å². The Morgan fingerprint density at radius 1 is 0.816 bits per heavy atom. The molecule has 0 bridgehead atoms. The fourth-order valence-corrected chi connectivity index (χ4v) is 4.78. The number of aromatic nitrogens is 4. The van der Waals surface area contributed by atoms with E-state index in [2.05, 4.69) is 28.2 Å². The lowest BCUT2D eigenvalue weighted by molar-refractivity contribution is -0.137. The van der Waals surface area contributed by atoms with Crippen molar-refractivity contribution in [3.8, 4) is 28.3 Å². The van der Waals surface area contributed by atoms with E-state index in [0.29, 0.717) is 17.9 Å². The van der Waals surface area contributed by atoms with Gasteiger partial charge in [0.15, 0.2) is 5.82 Å². The van der Waals surface area contributed by atoms with E-state index in [-0.39, 0.29) is 0 Å². The van der Waals surface area contributed by atoms with Gasteiger partial charge in [-0.3, -0.25) is 4.90 Å². The Labute approximate surface area is 218 Å². The van der Waals surface area contributed by atoms with E-state index >= 15 is 0 Å². The topological polar surface area (TPSA) is 46.8 Å². The fourth-order valence-electron chi connectivity index (χ4n) is 4.78. The van der Waals surface area contributed by atoms with Gasteiger partial charge in [-0.05, 0) is 24.3 Å². The maximum absolute atomic E-state index is 12.9. The van der Waals surface area contributed by atoms with Crippen LogP contribution in [0, 0.1) is 0 Å². The molecule has 2 aromatic heterocycles. The standard InChI is InChI=1S/C30H24F3N5/c31-30(32,33)25-13-11-22(12-14-25)29-34-17-23-18-37(16-15-27(23)35-29)19-24-20-38(26-9-5-2-6-10-26)36-28(24)21-7-3-1-4-8-21/h1-14,17,20H,15-16,18-19H2. The van der Waals surface area contributed by atoms with Crippen molar-refractivity contribution in [3.63, 3.8) is 0 Å². The highest BCUT2D eigenvalue weighted by Gasteiger charge is 2.30. The summed E-state index contributed by atoms with van der Waals surface area (Å²) >= 11 is 0. The van der Waals surface area contributed by atoms with Crippen molar-refractivity contribution in [1.82, 2.24) is 24.6 Å². The molecule has 0 aliphatic carbocycles. The molecule has 6 rings (SSSR count). The molecule has 3 heterocycles. The second kappa shape index (κ2) is 9.87. The summed E-state index contributed by atoms with van der Waals surface area (Å²) < 4.78 is 40.6. The molecule has 1 aliphatic rings. The predicted octanol–water partition coefficient (Wildman–Crippen LogP) is 6.57. The Hall–Kier alpha value is -4.30. The molecule has 0 spiro atoms. The highest BCUT2D eigenvalue weighted by molar-refractivity contribution is 5.63. The number of rotatable bonds is 5. The minimum absolute atomic E-state index is 0.446. The number of hydrogen-bond acceptors (Lipinski definition) is 4. The van der Waals surface area contributed by atoms with Crippen molar-refractivity contribution in [2.45, 2.75) is 25.7 Å². The van der Waals surface area contributed by atoms with Crippen molar-refractivity contribution < 1.29 is 13.2 Å². The lowest BCUT2D eigenvalue weighted by atomic mass is 10.0. The van der Waals surface area contributed by atoms with E-state index in [0.717, 1.165) is 65.4 Å². The van der Waals surface area contributed by atoms with E-state index in [1.54, 1.807) is 6.20 Å². The molecule has 0 saturated carbocycles. The minimum Gasteiger partial charge on any atom is -0.294 e. The second-order valence-electron chi connectivity index (χ2n) is 9.35. The van der Waals surface area contributed by atoms with Gasteiger partial charge in [-0.25, -0.2) is 14.6 Å². The third-order valence-electron chi connectivity index (χ3n) is 6.74. The molecular formula is C30H24F3N5. The maximum atomic E-state index is 12.9. The molecule has 190 valence electrons. The smallest absolute Gasteiger partial charge is 0.294 e. The van der Waals surface area contributed by atoms with Crippen molar-refractivity contribution in [1.29, 1.82) is 0 Å². The van der Waals surface area contributed by atoms with Gasteiger partial charge in [0.2, 0.25) is 0 Å². The number of alkyl halides is 3. The summed E-state index contributed by atoms with van der Waals surface area (Å²) in [5.41, 5.74) is 6.02. The molecule has 0 N–H and O–H groups in total. The zero-order chi connectivity index (χ0) is 26.1. The molecule has 0 unspecified atom stereocenters. The number of benzene rings is 3. The van der Waals surface area contributed by atoms with Gasteiger partial charge in [-0.1, -0.05) is 60.7 Å². The predicted molar refractivity (Wildman–Crippen MR) is 139 cm³/mol. The van der Waals surface area contributed by atoms with Crippen molar-refractivity contribution >= 4 is 0 Å². The van der Waals surface area contributed by atoms with Crippen molar-refractivity contribution in [2.75, 3.05) is 6.54 Å². The number of hydrogen-bond donors (Lipinski definition) is 0. The highest BCUT2D eigenvalue weighted by atomic mass is 19.4. The number of para-hydroxylation sites is 1. The third kappa shape index (κ3) is 4.95. The van der Waals surface area contributed by atoms with Crippen LogP contribution in [0.25, 0.3) is 28.3 Å². The second-order valence-corrected chi connectivity index (χ2v) is 9.35. The van der Waals surface area contributed by atoms with Gasteiger partial charge < -0.3 is 0 Å². The van der Waals surface area contributed by atoms with E-state index in [4.69, 9.17) is 10.1 Å². The molecule has 5 nitrogen and oxygen atoms in total. The molecule has 1 aliphatic heterocycles. The Bertz CT molecular complexity index is 1550. The summed E-state index contributed by atoms with van der Waals surface area (Å²) in [6.07, 6.45) is 0.264. The minimum atomic E-state index is -4.36. The van der Waals surface area contributed by atoms with E-state index in [9.17, 15) is 13.2 Å². The first-order valence-electron chi connectivity index (χ1n) is 12.4. The van der Waals surface area contributed by atoms with Crippen LogP contribution in [0.5, 0.6) is 0 Å². The van der Waals surface area contributed by atoms with Crippen LogP contribution in [0.2, 0.25) is 0 Å². The molecule has 3 aromatic carbocycles.